The van der Waals surface area contributed by atoms with Gasteiger partial charge in [0.25, 0.3) is 0 Å². The van der Waals surface area contributed by atoms with Gasteiger partial charge in [0.2, 0.25) is 0 Å². The Bertz CT molecular complexity index is 865. The SMILES string of the molecule is CCc1cc2c(s1)CCOC21CCN(Cc2ccc(N[C@H]3CC[C@H](O)CC3)nc2)CC1. The van der Waals surface area contributed by atoms with Crippen LogP contribution in [0.5, 0.6) is 0 Å². The minimum atomic E-state index is -0.115. The Labute approximate surface area is 189 Å². The first-order chi connectivity index (χ1) is 15.1. The molecule has 5 nitrogen and oxygen atoms in total. The fourth-order valence-corrected chi connectivity index (χ4v) is 6.60. The highest BCUT2D eigenvalue weighted by Crippen LogP contribution is 2.44. The molecular weight excluding hydrogens is 406 g/mol. The number of aryl methyl sites for hydroxylation is 1. The van der Waals surface area contributed by atoms with E-state index in [4.69, 9.17) is 4.74 Å². The summed E-state index contributed by atoms with van der Waals surface area (Å²) in [6.45, 7) is 6.22. The van der Waals surface area contributed by atoms with Crippen LogP contribution in [0.3, 0.4) is 0 Å². The van der Waals surface area contributed by atoms with Gasteiger partial charge in [-0.05, 0) is 68.2 Å². The van der Waals surface area contributed by atoms with Crippen molar-refractivity contribution >= 4 is 17.2 Å². The van der Waals surface area contributed by atoms with Crippen molar-refractivity contribution in [3.05, 3.63) is 45.3 Å². The van der Waals surface area contributed by atoms with Crippen LogP contribution in [0, 0.1) is 0 Å². The summed E-state index contributed by atoms with van der Waals surface area (Å²) in [6.07, 6.45) is 10.1. The summed E-state index contributed by atoms with van der Waals surface area (Å²) in [5, 5.41) is 13.2. The molecule has 1 saturated heterocycles. The topological polar surface area (TPSA) is 57.6 Å². The summed E-state index contributed by atoms with van der Waals surface area (Å²) in [5.41, 5.74) is 2.72. The first-order valence-electron chi connectivity index (χ1n) is 12.0. The van der Waals surface area contributed by atoms with Gasteiger partial charge in [-0.15, -0.1) is 11.3 Å². The molecule has 2 aromatic heterocycles. The van der Waals surface area contributed by atoms with Crippen LogP contribution in [0.2, 0.25) is 0 Å². The van der Waals surface area contributed by atoms with Crippen molar-refractivity contribution < 1.29 is 9.84 Å². The third-order valence-electron chi connectivity index (χ3n) is 7.35. The quantitative estimate of drug-likeness (QED) is 0.716. The molecule has 0 unspecified atom stereocenters. The first kappa shape index (κ1) is 21.4. The average molecular weight is 442 g/mol. The van der Waals surface area contributed by atoms with Gasteiger partial charge in [-0.2, -0.15) is 0 Å². The largest absolute Gasteiger partial charge is 0.393 e. The number of fused-ring (bicyclic) bond motifs is 2. The van der Waals surface area contributed by atoms with E-state index in [1.807, 2.05) is 17.5 Å². The lowest BCUT2D eigenvalue weighted by atomic mass is 9.82. The predicted octanol–water partition coefficient (Wildman–Crippen LogP) is 4.48. The summed E-state index contributed by atoms with van der Waals surface area (Å²) in [5.74, 6) is 0.954. The standard InChI is InChI=1S/C25H35N3O2S/c1-2-21-15-22-23(31-21)9-14-30-25(22)10-12-28(13-11-25)17-18-3-8-24(26-16-18)27-19-4-6-20(29)7-5-19/h3,8,15-16,19-20,29H,2,4-7,9-14,17H2,1H3,(H,26,27)/t19-,20-. The third-order valence-corrected chi connectivity index (χ3v) is 8.69. The van der Waals surface area contributed by atoms with E-state index in [1.165, 1.54) is 16.0 Å². The molecular formula is C25H35N3O2S. The number of aromatic nitrogens is 1. The number of thiophene rings is 1. The van der Waals surface area contributed by atoms with Crippen molar-refractivity contribution in [3.8, 4) is 0 Å². The minimum absolute atomic E-state index is 0.0480. The molecule has 5 rings (SSSR count). The van der Waals surface area contributed by atoms with Crippen molar-refractivity contribution in [1.29, 1.82) is 0 Å². The summed E-state index contributed by atoms with van der Waals surface area (Å²) >= 11 is 2.00. The number of anilines is 1. The number of rotatable bonds is 5. The second-order valence-corrected chi connectivity index (χ2v) is 10.7. The molecule has 0 atom stereocenters. The zero-order chi connectivity index (χ0) is 21.3. The Morgan fingerprint density at radius 2 is 2.03 bits per heavy atom. The van der Waals surface area contributed by atoms with E-state index in [2.05, 4.69) is 40.3 Å². The Morgan fingerprint density at radius 1 is 1.23 bits per heavy atom. The lowest BCUT2D eigenvalue weighted by molar-refractivity contribution is -0.0981. The Balaban J connectivity index is 1.16. The number of ether oxygens (including phenoxy) is 1. The van der Waals surface area contributed by atoms with Gasteiger partial charge >= 0.3 is 0 Å². The smallest absolute Gasteiger partial charge is 0.126 e. The average Bonchev–Trinajstić information content (AvgIpc) is 3.24. The molecule has 6 heteroatoms. The first-order valence-corrected chi connectivity index (χ1v) is 12.8. The van der Waals surface area contributed by atoms with E-state index < -0.39 is 0 Å². The second kappa shape index (κ2) is 9.18. The van der Waals surface area contributed by atoms with E-state index in [9.17, 15) is 5.11 Å². The second-order valence-electron chi connectivity index (χ2n) is 9.47. The molecule has 0 aromatic carbocycles. The number of piperidine rings is 1. The molecule has 168 valence electrons. The number of pyridine rings is 1. The molecule has 2 aliphatic heterocycles. The highest BCUT2D eigenvalue weighted by Gasteiger charge is 2.41. The van der Waals surface area contributed by atoms with Gasteiger partial charge in [-0.1, -0.05) is 13.0 Å². The number of nitrogens with zero attached hydrogens (tertiary/aromatic N) is 2. The van der Waals surface area contributed by atoms with Crippen molar-refractivity contribution in [2.24, 2.45) is 0 Å². The van der Waals surface area contributed by atoms with E-state index in [0.29, 0.717) is 6.04 Å². The molecule has 0 bridgehead atoms. The van der Waals surface area contributed by atoms with Gasteiger partial charge in [0.05, 0.1) is 18.3 Å². The van der Waals surface area contributed by atoms with Crippen LogP contribution in [0.25, 0.3) is 0 Å². The number of aliphatic hydroxyl groups is 1. The van der Waals surface area contributed by atoms with Gasteiger partial charge < -0.3 is 15.2 Å². The van der Waals surface area contributed by atoms with Crippen LogP contribution in [0.15, 0.2) is 24.4 Å². The Kier molecular flexibility index (Phi) is 6.33. The molecule has 31 heavy (non-hydrogen) atoms. The molecule has 2 fully saturated rings. The number of hydrogen-bond donors (Lipinski definition) is 2. The van der Waals surface area contributed by atoms with Gasteiger partial charge in [0, 0.05) is 48.0 Å². The van der Waals surface area contributed by atoms with Crippen LogP contribution in [0.1, 0.15) is 66.3 Å². The number of likely N-dealkylation sites (tertiary alicyclic amines) is 1. The summed E-state index contributed by atoms with van der Waals surface area (Å²) in [7, 11) is 0. The molecule has 1 spiro atoms. The molecule has 0 amide bonds. The van der Waals surface area contributed by atoms with Crippen molar-refractivity contribution in [2.45, 2.75) is 82.6 Å². The lowest BCUT2D eigenvalue weighted by Gasteiger charge is -2.44. The third kappa shape index (κ3) is 4.68. The fourth-order valence-electron chi connectivity index (χ4n) is 5.42. The highest BCUT2D eigenvalue weighted by atomic mass is 32.1. The monoisotopic (exact) mass is 441 g/mol. The van der Waals surface area contributed by atoms with Crippen LogP contribution in [0.4, 0.5) is 5.82 Å². The van der Waals surface area contributed by atoms with Crippen LogP contribution >= 0.6 is 11.3 Å². The molecule has 2 N–H and O–H groups in total. The summed E-state index contributed by atoms with van der Waals surface area (Å²) < 4.78 is 6.43. The van der Waals surface area contributed by atoms with E-state index >= 15 is 0 Å². The van der Waals surface area contributed by atoms with Crippen molar-refractivity contribution in [2.75, 3.05) is 25.0 Å². The number of aliphatic hydroxyl groups excluding tert-OH is 1. The van der Waals surface area contributed by atoms with Gasteiger partial charge in [0.15, 0.2) is 0 Å². The van der Waals surface area contributed by atoms with Crippen molar-refractivity contribution in [1.82, 2.24) is 9.88 Å². The highest BCUT2D eigenvalue weighted by molar-refractivity contribution is 7.12. The van der Waals surface area contributed by atoms with Gasteiger partial charge in [0.1, 0.15) is 5.82 Å². The predicted molar refractivity (Wildman–Crippen MR) is 126 cm³/mol. The number of nitrogens with one attached hydrogen (secondary N) is 1. The molecule has 3 aliphatic rings. The fraction of sp³-hybridized carbons (Fsp3) is 0.640. The van der Waals surface area contributed by atoms with E-state index in [1.54, 1.807) is 4.88 Å². The van der Waals surface area contributed by atoms with Crippen LogP contribution in [-0.4, -0.2) is 46.8 Å². The van der Waals surface area contributed by atoms with Crippen LogP contribution < -0.4 is 5.32 Å². The Hall–Kier alpha value is -1.47. The summed E-state index contributed by atoms with van der Waals surface area (Å²) in [6, 6.07) is 7.18. The zero-order valence-electron chi connectivity index (χ0n) is 18.6. The molecule has 2 aromatic rings. The summed E-state index contributed by atoms with van der Waals surface area (Å²) in [4.78, 5) is 10.3. The zero-order valence-corrected chi connectivity index (χ0v) is 19.4. The normalized spacial score (nSPS) is 26.0. The Morgan fingerprint density at radius 3 is 2.74 bits per heavy atom. The minimum Gasteiger partial charge on any atom is -0.393 e. The maximum absolute atomic E-state index is 9.67. The lowest BCUT2D eigenvalue weighted by Crippen LogP contribution is -2.45. The van der Waals surface area contributed by atoms with Gasteiger partial charge in [-0.3, -0.25) is 4.90 Å². The molecule has 4 heterocycles. The van der Waals surface area contributed by atoms with Crippen LogP contribution in [-0.2, 0) is 29.7 Å². The number of hydrogen-bond acceptors (Lipinski definition) is 6. The maximum Gasteiger partial charge on any atom is 0.126 e. The molecule has 1 aliphatic carbocycles. The molecule has 0 radical (unpaired) electrons. The van der Waals surface area contributed by atoms with E-state index in [-0.39, 0.29) is 11.7 Å². The van der Waals surface area contributed by atoms with Crippen molar-refractivity contribution in [3.63, 3.8) is 0 Å². The molecule has 1 saturated carbocycles. The van der Waals surface area contributed by atoms with Gasteiger partial charge in [-0.25, -0.2) is 4.98 Å². The maximum atomic E-state index is 9.67. The van der Waals surface area contributed by atoms with E-state index in [0.717, 1.165) is 83.4 Å².